The van der Waals surface area contributed by atoms with E-state index in [9.17, 15) is 22.4 Å². The predicted octanol–water partition coefficient (Wildman–Crippen LogP) is 2.65. The normalized spacial score (nSPS) is 14.6. The number of methoxy groups -OCH3 is 1. The third kappa shape index (κ3) is 4.05. The SMILES string of the molecule is COC(=O)c1ccc(NC(=O)c2ccc(F)c(S(=O)(=O)N3CCCC3)c2)cc1. The zero-order chi connectivity index (χ0) is 20.3. The molecule has 1 amide bonds. The van der Waals surface area contributed by atoms with Crippen LogP contribution in [0.25, 0.3) is 0 Å². The zero-order valence-corrected chi connectivity index (χ0v) is 16.0. The molecule has 0 aromatic heterocycles. The molecule has 1 fully saturated rings. The number of esters is 1. The highest BCUT2D eigenvalue weighted by atomic mass is 32.2. The summed E-state index contributed by atoms with van der Waals surface area (Å²) in [4.78, 5) is 23.4. The van der Waals surface area contributed by atoms with E-state index in [4.69, 9.17) is 0 Å². The molecule has 0 radical (unpaired) electrons. The summed E-state index contributed by atoms with van der Waals surface area (Å²) < 4.78 is 45.3. The number of hydrogen-bond acceptors (Lipinski definition) is 5. The third-order valence-electron chi connectivity index (χ3n) is 4.44. The second-order valence-electron chi connectivity index (χ2n) is 6.28. The van der Waals surface area contributed by atoms with E-state index in [0.29, 0.717) is 24.3 Å². The van der Waals surface area contributed by atoms with Crippen molar-refractivity contribution in [1.82, 2.24) is 4.31 Å². The Labute approximate surface area is 162 Å². The molecule has 1 saturated heterocycles. The maximum atomic E-state index is 14.2. The highest BCUT2D eigenvalue weighted by molar-refractivity contribution is 7.89. The van der Waals surface area contributed by atoms with Gasteiger partial charge in [-0.2, -0.15) is 4.31 Å². The lowest BCUT2D eigenvalue weighted by molar-refractivity contribution is 0.0600. The largest absolute Gasteiger partial charge is 0.465 e. The predicted molar refractivity (Wildman–Crippen MR) is 100 cm³/mol. The fourth-order valence-electron chi connectivity index (χ4n) is 2.92. The quantitative estimate of drug-likeness (QED) is 0.771. The van der Waals surface area contributed by atoms with Gasteiger partial charge in [-0.3, -0.25) is 4.79 Å². The Kier molecular flexibility index (Phi) is 5.76. The van der Waals surface area contributed by atoms with Crippen LogP contribution in [0.3, 0.4) is 0 Å². The van der Waals surface area contributed by atoms with E-state index in [0.717, 1.165) is 25.0 Å². The molecule has 1 aliphatic heterocycles. The minimum Gasteiger partial charge on any atom is -0.465 e. The number of hydrogen-bond donors (Lipinski definition) is 1. The lowest BCUT2D eigenvalue weighted by atomic mass is 10.2. The average Bonchev–Trinajstić information content (AvgIpc) is 3.24. The minimum absolute atomic E-state index is 0.0104. The molecule has 148 valence electrons. The molecule has 0 bridgehead atoms. The molecule has 0 aliphatic carbocycles. The molecule has 2 aromatic rings. The van der Waals surface area contributed by atoms with Gasteiger partial charge in [0.15, 0.2) is 0 Å². The summed E-state index contributed by atoms with van der Waals surface area (Å²) in [6.45, 7) is 0.676. The molecule has 0 unspecified atom stereocenters. The summed E-state index contributed by atoms with van der Waals surface area (Å²) in [6.07, 6.45) is 1.45. The number of nitrogens with zero attached hydrogens (tertiary/aromatic N) is 1. The first-order valence-electron chi connectivity index (χ1n) is 8.62. The molecule has 28 heavy (non-hydrogen) atoms. The number of halogens is 1. The molecular formula is C19H19FN2O5S. The highest BCUT2D eigenvalue weighted by Crippen LogP contribution is 2.24. The summed E-state index contributed by atoms with van der Waals surface area (Å²) in [5.41, 5.74) is 0.725. The van der Waals surface area contributed by atoms with Crippen LogP contribution in [0.15, 0.2) is 47.4 Å². The van der Waals surface area contributed by atoms with Crippen LogP contribution in [0.5, 0.6) is 0 Å². The van der Waals surface area contributed by atoms with Gasteiger partial charge >= 0.3 is 5.97 Å². The number of amides is 1. The van der Waals surface area contributed by atoms with Crippen LogP contribution in [-0.2, 0) is 14.8 Å². The summed E-state index contributed by atoms with van der Waals surface area (Å²) in [5, 5.41) is 2.59. The molecule has 1 aliphatic rings. The van der Waals surface area contributed by atoms with Crippen molar-refractivity contribution in [3.8, 4) is 0 Å². The molecule has 3 rings (SSSR count). The van der Waals surface area contributed by atoms with Crippen LogP contribution < -0.4 is 5.32 Å². The van der Waals surface area contributed by atoms with Crippen LogP contribution in [0, 0.1) is 5.82 Å². The van der Waals surface area contributed by atoms with E-state index < -0.39 is 32.6 Å². The molecule has 0 atom stereocenters. The molecule has 7 nitrogen and oxygen atoms in total. The van der Waals surface area contributed by atoms with Crippen LogP contribution in [0.4, 0.5) is 10.1 Å². The second-order valence-corrected chi connectivity index (χ2v) is 8.19. The highest BCUT2D eigenvalue weighted by Gasteiger charge is 2.30. The lowest BCUT2D eigenvalue weighted by Crippen LogP contribution is -2.29. The molecular weight excluding hydrogens is 387 g/mol. The number of sulfonamides is 1. The van der Waals surface area contributed by atoms with Gasteiger partial charge in [-0.25, -0.2) is 17.6 Å². The Balaban J connectivity index is 1.82. The minimum atomic E-state index is -3.99. The fourth-order valence-corrected chi connectivity index (χ4v) is 4.53. The van der Waals surface area contributed by atoms with Crippen molar-refractivity contribution in [2.24, 2.45) is 0 Å². The molecule has 0 saturated carbocycles. The van der Waals surface area contributed by atoms with Crippen molar-refractivity contribution in [2.75, 3.05) is 25.5 Å². The van der Waals surface area contributed by atoms with Gasteiger partial charge in [-0.1, -0.05) is 0 Å². The molecule has 2 aromatic carbocycles. The van der Waals surface area contributed by atoms with Gasteiger partial charge in [-0.05, 0) is 55.3 Å². The van der Waals surface area contributed by atoms with Gasteiger partial charge in [-0.15, -0.1) is 0 Å². The van der Waals surface area contributed by atoms with E-state index in [2.05, 4.69) is 10.1 Å². The zero-order valence-electron chi connectivity index (χ0n) is 15.1. The van der Waals surface area contributed by atoms with Crippen molar-refractivity contribution < 1.29 is 27.1 Å². The average molecular weight is 406 g/mol. The Hall–Kier alpha value is -2.78. The number of rotatable bonds is 5. The van der Waals surface area contributed by atoms with E-state index in [1.54, 1.807) is 0 Å². The first-order valence-corrected chi connectivity index (χ1v) is 10.1. The van der Waals surface area contributed by atoms with Gasteiger partial charge in [0.2, 0.25) is 10.0 Å². The van der Waals surface area contributed by atoms with Gasteiger partial charge in [0.25, 0.3) is 5.91 Å². The third-order valence-corrected chi connectivity index (χ3v) is 6.35. The van der Waals surface area contributed by atoms with Gasteiger partial charge in [0.1, 0.15) is 10.7 Å². The van der Waals surface area contributed by atoms with Crippen molar-refractivity contribution >= 4 is 27.6 Å². The Bertz CT molecular complexity index is 999. The summed E-state index contributed by atoms with van der Waals surface area (Å²) in [7, 11) is -2.73. The van der Waals surface area contributed by atoms with Crippen LogP contribution in [-0.4, -0.2) is 44.8 Å². The smallest absolute Gasteiger partial charge is 0.337 e. The monoisotopic (exact) mass is 406 g/mol. The Morgan fingerprint density at radius 2 is 1.64 bits per heavy atom. The lowest BCUT2D eigenvalue weighted by Gasteiger charge is -2.16. The molecule has 9 heteroatoms. The number of nitrogens with one attached hydrogen (secondary N) is 1. The summed E-state index contributed by atoms with van der Waals surface area (Å²) in [5.74, 6) is -2.00. The first-order chi connectivity index (χ1) is 13.3. The molecule has 1 N–H and O–H groups in total. The second kappa shape index (κ2) is 8.07. The maximum absolute atomic E-state index is 14.2. The number of carbonyl (C=O) groups excluding carboxylic acids is 2. The Morgan fingerprint density at radius 3 is 2.25 bits per heavy atom. The van der Waals surface area contributed by atoms with E-state index >= 15 is 0 Å². The summed E-state index contributed by atoms with van der Waals surface area (Å²) in [6, 6.07) is 9.21. The van der Waals surface area contributed by atoms with Crippen molar-refractivity contribution in [3.05, 3.63) is 59.4 Å². The number of carbonyl (C=O) groups is 2. The van der Waals surface area contributed by atoms with Gasteiger partial charge in [0.05, 0.1) is 12.7 Å². The van der Waals surface area contributed by atoms with E-state index in [1.807, 2.05) is 0 Å². The summed E-state index contributed by atoms with van der Waals surface area (Å²) >= 11 is 0. The van der Waals surface area contributed by atoms with Crippen LogP contribution in [0.1, 0.15) is 33.6 Å². The topological polar surface area (TPSA) is 92.8 Å². The van der Waals surface area contributed by atoms with E-state index in [1.165, 1.54) is 41.7 Å². The Morgan fingerprint density at radius 1 is 1.04 bits per heavy atom. The molecule has 0 spiro atoms. The van der Waals surface area contributed by atoms with Crippen LogP contribution in [0.2, 0.25) is 0 Å². The fraction of sp³-hybridized carbons (Fsp3) is 0.263. The number of ether oxygens (including phenoxy) is 1. The molecule has 1 heterocycles. The standard InChI is InChI=1S/C19H19FN2O5S/c1-27-19(24)13-4-7-15(8-5-13)21-18(23)14-6-9-16(20)17(12-14)28(25,26)22-10-2-3-11-22/h4-9,12H,2-3,10-11H2,1H3,(H,21,23). The van der Waals surface area contributed by atoms with E-state index in [-0.39, 0.29) is 5.56 Å². The van der Waals surface area contributed by atoms with Crippen molar-refractivity contribution in [2.45, 2.75) is 17.7 Å². The number of anilines is 1. The van der Waals surface area contributed by atoms with Crippen molar-refractivity contribution in [1.29, 1.82) is 0 Å². The number of benzene rings is 2. The first kappa shape index (κ1) is 20.0. The van der Waals surface area contributed by atoms with Gasteiger partial charge < -0.3 is 10.1 Å². The van der Waals surface area contributed by atoms with Crippen molar-refractivity contribution in [3.63, 3.8) is 0 Å². The maximum Gasteiger partial charge on any atom is 0.337 e. The van der Waals surface area contributed by atoms with Crippen LogP contribution >= 0.6 is 0 Å². The van der Waals surface area contributed by atoms with Gasteiger partial charge in [0, 0.05) is 24.3 Å².